The fourth-order valence-corrected chi connectivity index (χ4v) is 4.01. The lowest BCUT2D eigenvalue weighted by Crippen LogP contribution is -2.45. The van der Waals surface area contributed by atoms with Gasteiger partial charge in [0.2, 0.25) is 6.79 Å². The lowest BCUT2D eigenvalue weighted by molar-refractivity contribution is -0.146. The van der Waals surface area contributed by atoms with E-state index >= 15 is 0 Å². The molecule has 7 heteroatoms. The predicted octanol–water partition coefficient (Wildman–Crippen LogP) is 3.17. The van der Waals surface area contributed by atoms with Gasteiger partial charge in [0.25, 0.3) is 0 Å². The highest BCUT2D eigenvalue weighted by molar-refractivity contribution is 5.95. The molecule has 27 heavy (non-hydrogen) atoms. The van der Waals surface area contributed by atoms with Gasteiger partial charge >= 0.3 is 12.0 Å². The molecule has 1 fully saturated rings. The van der Waals surface area contributed by atoms with Crippen LogP contribution < -0.4 is 20.1 Å². The van der Waals surface area contributed by atoms with Gasteiger partial charge in [0, 0.05) is 5.70 Å². The normalized spacial score (nSPS) is 27.0. The van der Waals surface area contributed by atoms with Crippen LogP contribution in [0.25, 0.3) is 0 Å². The maximum atomic E-state index is 13.0. The Hall–Kier alpha value is -2.70. The van der Waals surface area contributed by atoms with Crippen molar-refractivity contribution < 1.29 is 23.8 Å². The Bertz CT molecular complexity index is 804. The van der Waals surface area contributed by atoms with Gasteiger partial charge in [0.05, 0.1) is 11.6 Å². The van der Waals surface area contributed by atoms with Gasteiger partial charge in [-0.25, -0.2) is 9.59 Å². The van der Waals surface area contributed by atoms with Gasteiger partial charge in [-0.1, -0.05) is 19.4 Å². The number of allylic oxidation sites excluding steroid dienone is 1. The van der Waals surface area contributed by atoms with Crippen molar-refractivity contribution in [3.05, 3.63) is 35.0 Å². The third kappa shape index (κ3) is 3.59. The van der Waals surface area contributed by atoms with Crippen molar-refractivity contribution in [1.82, 2.24) is 10.6 Å². The third-order valence-corrected chi connectivity index (χ3v) is 5.38. The Morgan fingerprint density at radius 1 is 1.22 bits per heavy atom. The number of esters is 1. The average molecular weight is 372 g/mol. The van der Waals surface area contributed by atoms with Crippen LogP contribution in [-0.4, -0.2) is 24.9 Å². The summed E-state index contributed by atoms with van der Waals surface area (Å²) in [4.78, 5) is 25.0. The highest BCUT2D eigenvalue weighted by Crippen LogP contribution is 2.37. The van der Waals surface area contributed by atoms with Crippen molar-refractivity contribution in [2.75, 3.05) is 6.79 Å². The van der Waals surface area contributed by atoms with E-state index < -0.39 is 6.04 Å². The highest BCUT2D eigenvalue weighted by Gasteiger charge is 2.34. The molecule has 1 saturated carbocycles. The number of fused-ring (bicyclic) bond motifs is 1. The minimum absolute atomic E-state index is 0.0726. The minimum atomic E-state index is -0.596. The van der Waals surface area contributed by atoms with E-state index in [0.717, 1.165) is 24.8 Å². The first-order chi connectivity index (χ1) is 13.0. The maximum absolute atomic E-state index is 13.0. The van der Waals surface area contributed by atoms with E-state index in [0.29, 0.717) is 28.7 Å². The number of carbonyl (C=O) groups is 2. The Morgan fingerprint density at radius 3 is 2.85 bits per heavy atom. The van der Waals surface area contributed by atoms with Gasteiger partial charge < -0.3 is 24.8 Å². The van der Waals surface area contributed by atoms with E-state index in [2.05, 4.69) is 17.6 Å². The van der Waals surface area contributed by atoms with E-state index in [1.807, 2.05) is 6.07 Å². The number of hydrogen-bond donors (Lipinski definition) is 2. The number of carbonyl (C=O) groups excluding carboxylic acids is 2. The number of hydrogen-bond acceptors (Lipinski definition) is 5. The van der Waals surface area contributed by atoms with Gasteiger partial charge in [-0.3, -0.25) is 0 Å². The average Bonchev–Trinajstić information content (AvgIpc) is 3.08. The Morgan fingerprint density at radius 2 is 2.04 bits per heavy atom. The molecule has 144 valence electrons. The fraction of sp³-hybridized carbons (Fsp3) is 0.500. The molecule has 1 aromatic carbocycles. The van der Waals surface area contributed by atoms with E-state index in [9.17, 15) is 9.59 Å². The van der Waals surface area contributed by atoms with Gasteiger partial charge in [-0.2, -0.15) is 0 Å². The molecule has 1 aliphatic carbocycles. The van der Waals surface area contributed by atoms with E-state index in [-0.39, 0.29) is 24.9 Å². The second-order valence-corrected chi connectivity index (χ2v) is 7.48. The molecule has 0 bridgehead atoms. The predicted molar refractivity (Wildman–Crippen MR) is 97.2 cm³/mol. The van der Waals surface area contributed by atoms with Crippen LogP contribution >= 0.6 is 0 Å². The first-order valence-corrected chi connectivity index (χ1v) is 9.40. The van der Waals surface area contributed by atoms with Gasteiger partial charge in [0.15, 0.2) is 11.5 Å². The van der Waals surface area contributed by atoms with Crippen molar-refractivity contribution in [1.29, 1.82) is 0 Å². The second kappa shape index (κ2) is 7.13. The minimum Gasteiger partial charge on any atom is -0.459 e. The molecule has 0 spiro atoms. The second-order valence-electron chi connectivity index (χ2n) is 7.48. The number of benzene rings is 1. The van der Waals surface area contributed by atoms with Crippen LogP contribution in [0.15, 0.2) is 29.5 Å². The molecule has 1 aromatic rings. The molecule has 7 nitrogen and oxygen atoms in total. The largest absolute Gasteiger partial charge is 0.459 e. The number of urea groups is 1. The molecule has 4 rings (SSSR count). The first kappa shape index (κ1) is 17.7. The van der Waals surface area contributed by atoms with Crippen LogP contribution in [0.2, 0.25) is 0 Å². The molecule has 3 aliphatic rings. The van der Waals surface area contributed by atoms with Crippen LogP contribution in [0, 0.1) is 5.92 Å². The van der Waals surface area contributed by atoms with Crippen LogP contribution in [0.5, 0.6) is 11.5 Å². The molecule has 0 saturated heterocycles. The van der Waals surface area contributed by atoms with Gasteiger partial charge in [-0.05, 0) is 49.8 Å². The SMILES string of the molecule is CC1=C(C(=O)O[C@@H]2CCC[C@H](C)C2)[C@H](c2ccc3c(c2)OCO3)NC(=O)N1. The molecular formula is C20H24N2O5. The summed E-state index contributed by atoms with van der Waals surface area (Å²) in [6.45, 7) is 4.07. The smallest absolute Gasteiger partial charge is 0.338 e. The van der Waals surface area contributed by atoms with Crippen LogP contribution in [0.1, 0.15) is 51.1 Å². The topological polar surface area (TPSA) is 85.9 Å². The van der Waals surface area contributed by atoms with Crippen molar-refractivity contribution in [2.24, 2.45) is 5.92 Å². The summed E-state index contributed by atoms with van der Waals surface area (Å²) in [6, 6.07) is 4.46. The third-order valence-electron chi connectivity index (χ3n) is 5.38. The maximum Gasteiger partial charge on any atom is 0.338 e. The first-order valence-electron chi connectivity index (χ1n) is 9.40. The molecule has 2 heterocycles. The zero-order valence-corrected chi connectivity index (χ0v) is 15.5. The van der Waals surface area contributed by atoms with Crippen LogP contribution in [-0.2, 0) is 9.53 Å². The van der Waals surface area contributed by atoms with Crippen LogP contribution in [0.3, 0.4) is 0 Å². The molecule has 0 radical (unpaired) electrons. The summed E-state index contributed by atoms with van der Waals surface area (Å²) in [5.74, 6) is 1.43. The lowest BCUT2D eigenvalue weighted by Gasteiger charge is -2.31. The summed E-state index contributed by atoms with van der Waals surface area (Å²) in [6.07, 6.45) is 3.94. The van der Waals surface area contributed by atoms with E-state index in [4.69, 9.17) is 14.2 Å². The lowest BCUT2D eigenvalue weighted by atomic mass is 9.88. The quantitative estimate of drug-likeness (QED) is 0.796. The molecule has 2 amide bonds. The van der Waals surface area contributed by atoms with Gasteiger partial charge in [0.1, 0.15) is 6.10 Å². The van der Waals surface area contributed by atoms with Crippen molar-refractivity contribution in [3.63, 3.8) is 0 Å². The number of nitrogens with one attached hydrogen (secondary N) is 2. The summed E-state index contributed by atoms with van der Waals surface area (Å²) in [7, 11) is 0. The summed E-state index contributed by atoms with van der Waals surface area (Å²) >= 11 is 0. The number of amides is 2. The molecule has 0 unspecified atom stereocenters. The Kier molecular flexibility index (Phi) is 4.68. The molecular weight excluding hydrogens is 348 g/mol. The van der Waals surface area contributed by atoms with E-state index in [1.54, 1.807) is 19.1 Å². The monoisotopic (exact) mass is 372 g/mol. The standard InChI is InChI=1S/C20H24N2O5/c1-11-4-3-5-14(8-11)27-19(23)17-12(2)21-20(24)22-18(17)13-6-7-15-16(9-13)26-10-25-15/h6-7,9,11,14,18H,3-5,8,10H2,1-2H3,(H2,21,22,24)/t11-,14+,18-/m0/s1. The van der Waals surface area contributed by atoms with E-state index in [1.165, 1.54) is 6.42 Å². The van der Waals surface area contributed by atoms with Crippen molar-refractivity contribution in [2.45, 2.75) is 51.7 Å². The number of rotatable bonds is 3. The van der Waals surface area contributed by atoms with Crippen molar-refractivity contribution in [3.8, 4) is 11.5 Å². The summed E-state index contributed by atoms with van der Waals surface area (Å²) < 4.78 is 16.6. The fourth-order valence-electron chi connectivity index (χ4n) is 4.01. The number of ether oxygens (including phenoxy) is 3. The summed E-state index contributed by atoms with van der Waals surface area (Å²) in [5.41, 5.74) is 1.68. The molecule has 2 N–H and O–H groups in total. The molecule has 0 aromatic heterocycles. The van der Waals surface area contributed by atoms with Gasteiger partial charge in [-0.15, -0.1) is 0 Å². The molecule has 2 aliphatic heterocycles. The Balaban J connectivity index is 1.60. The zero-order valence-electron chi connectivity index (χ0n) is 15.5. The summed E-state index contributed by atoms with van der Waals surface area (Å²) in [5, 5.41) is 5.51. The zero-order chi connectivity index (χ0) is 19.0. The highest BCUT2D eigenvalue weighted by atomic mass is 16.7. The Labute approximate surface area is 158 Å². The van der Waals surface area contributed by atoms with Crippen molar-refractivity contribution >= 4 is 12.0 Å². The molecule has 3 atom stereocenters. The van der Waals surface area contributed by atoms with Crippen LogP contribution in [0.4, 0.5) is 4.79 Å².